The minimum atomic E-state index is -0.720. The monoisotopic (exact) mass is 422 g/mol. The summed E-state index contributed by atoms with van der Waals surface area (Å²) in [6.45, 7) is 3.33. The fourth-order valence-corrected chi connectivity index (χ4v) is 3.49. The predicted octanol–water partition coefficient (Wildman–Crippen LogP) is 4.13. The average Bonchev–Trinajstić information content (AvgIpc) is 3.10. The third kappa shape index (κ3) is 3.98. The van der Waals surface area contributed by atoms with Crippen LogP contribution in [0.1, 0.15) is 28.8 Å². The summed E-state index contributed by atoms with van der Waals surface area (Å²) < 4.78 is 25.0. The Morgan fingerprint density at radius 2 is 2.23 bits per heavy atom. The first-order valence-corrected chi connectivity index (χ1v) is 9.18. The summed E-state index contributed by atoms with van der Waals surface area (Å²) in [4.78, 5) is 18.3. The molecule has 2 heterocycles. The number of hydrogen-bond acceptors (Lipinski definition) is 5. The predicted molar refractivity (Wildman–Crippen MR) is 100 cm³/mol. The van der Waals surface area contributed by atoms with Gasteiger partial charge in [-0.25, -0.2) is 14.2 Å². The van der Waals surface area contributed by atoms with Crippen molar-refractivity contribution in [3.63, 3.8) is 0 Å². The molecule has 2 aromatic rings. The highest BCUT2D eigenvalue weighted by molar-refractivity contribution is 9.10. The Kier molecular flexibility index (Phi) is 5.76. The van der Waals surface area contributed by atoms with Gasteiger partial charge in [-0.2, -0.15) is 0 Å². The van der Waals surface area contributed by atoms with Gasteiger partial charge in [-0.15, -0.1) is 0 Å². The Balaban J connectivity index is 1.71. The molecule has 1 fully saturated rings. The average molecular weight is 423 g/mol. The number of methoxy groups -OCH3 is 1. The number of carbonyl (C=O) groups is 1. The molecule has 0 bridgehead atoms. The van der Waals surface area contributed by atoms with Crippen LogP contribution in [0.5, 0.6) is 5.75 Å². The minimum Gasteiger partial charge on any atom is -0.490 e. The normalized spacial score (nSPS) is 16.6. The number of benzene rings is 1. The summed E-state index contributed by atoms with van der Waals surface area (Å²) in [5.41, 5.74) is 0.990. The van der Waals surface area contributed by atoms with Gasteiger partial charge >= 0.3 is 5.97 Å². The van der Waals surface area contributed by atoms with E-state index in [1.807, 2.05) is 25.3 Å². The van der Waals surface area contributed by atoms with Crippen molar-refractivity contribution in [2.24, 2.45) is 0 Å². The number of anilines is 1. The van der Waals surface area contributed by atoms with Crippen LogP contribution in [-0.2, 0) is 4.74 Å². The van der Waals surface area contributed by atoms with Crippen molar-refractivity contribution in [2.75, 3.05) is 25.2 Å². The molecule has 0 saturated carbocycles. The van der Waals surface area contributed by atoms with E-state index >= 15 is 0 Å². The van der Waals surface area contributed by atoms with E-state index in [1.54, 1.807) is 0 Å². The molecule has 1 saturated heterocycles. The number of hydrogen-bond donors (Lipinski definition) is 0. The molecule has 138 valence electrons. The lowest BCUT2D eigenvalue weighted by atomic mass is 10.2. The zero-order chi connectivity index (χ0) is 18.7. The minimum absolute atomic E-state index is 0.127. The Morgan fingerprint density at radius 1 is 1.42 bits per heavy atom. The molecule has 1 aromatic carbocycles. The fourth-order valence-electron chi connectivity index (χ4n) is 3.03. The van der Waals surface area contributed by atoms with Crippen molar-refractivity contribution in [1.82, 2.24) is 4.98 Å². The van der Waals surface area contributed by atoms with Crippen LogP contribution in [0.3, 0.4) is 0 Å². The van der Waals surface area contributed by atoms with Gasteiger partial charge in [-0.05, 0) is 53.4 Å². The van der Waals surface area contributed by atoms with E-state index in [0.717, 1.165) is 30.8 Å². The van der Waals surface area contributed by atoms with Crippen molar-refractivity contribution >= 4 is 27.7 Å². The van der Waals surface area contributed by atoms with Gasteiger partial charge in [-0.1, -0.05) is 6.07 Å². The number of ether oxygens (including phenoxy) is 2. The van der Waals surface area contributed by atoms with Crippen molar-refractivity contribution < 1.29 is 18.7 Å². The van der Waals surface area contributed by atoms with E-state index in [9.17, 15) is 9.18 Å². The Hall–Kier alpha value is -2.15. The number of halogens is 2. The topological polar surface area (TPSA) is 51.7 Å². The molecule has 0 radical (unpaired) electrons. The first-order chi connectivity index (χ1) is 12.5. The molecule has 0 aliphatic carbocycles. The molecule has 3 rings (SSSR count). The van der Waals surface area contributed by atoms with Crippen LogP contribution in [0, 0.1) is 12.7 Å². The maximum absolute atomic E-state index is 14.1. The molecular weight excluding hydrogens is 403 g/mol. The molecule has 0 N–H and O–H groups in total. The van der Waals surface area contributed by atoms with Crippen LogP contribution < -0.4 is 9.64 Å². The number of aromatic nitrogens is 1. The summed E-state index contributed by atoms with van der Waals surface area (Å²) in [5.74, 6) is -0.104. The number of rotatable bonds is 5. The highest BCUT2D eigenvalue weighted by Gasteiger charge is 2.27. The van der Waals surface area contributed by atoms with E-state index in [-0.39, 0.29) is 11.6 Å². The van der Waals surface area contributed by atoms with Gasteiger partial charge in [0.15, 0.2) is 0 Å². The number of nitrogens with zero attached hydrogens (tertiary/aromatic N) is 2. The second-order valence-electron chi connectivity index (χ2n) is 6.25. The molecule has 7 heteroatoms. The van der Waals surface area contributed by atoms with Gasteiger partial charge in [0.25, 0.3) is 0 Å². The Morgan fingerprint density at radius 3 is 2.92 bits per heavy atom. The van der Waals surface area contributed by atoms with Gasteiger partial charge < -0.3 is 14.4 Å². The van der Waals surface area contributed by atoms with Gasteiger partial charge in [0.2, 0.25) is 0 Å². The van der Waals surface area contributed by atoms with Crippen LogP contribution in [0.2, 0.25) is 0 Å². The van der Waals surface area contributed by atoms with Gasteiger partial charge in [-0.3, -0.25) is 0 Å². The van der Waals surface area contributed by atoms with Crippen molar-refractivity contribution in [1.29, 1.82) is 0 Å². The molecule has 0 unspecified atom stereocenters. The number of aryl methyl sites for hydroxylation is 1. The lowest BCUT2D eigenvalue weighted by molar-refractivity contribution is 0.0595. The standard InChI is InChI=1S/C19H20BrFN2O3/c1-12-5-6-18(22-10-12)23-7-3-4-13(23)11-26-17-9-16(21)14(8-15(17)20)19(24)25-2/h5-6,8-10,13H,3-4,7,11H2,1-2H3/t13-/m1/s1. The summed E-state index contributed by atoms with van der Waals surface area (Å²) in [6, 6.07) is 6.80. The first kappa shape index (κ1) is 18.6. The quantitative estimate of drug-likeness (QED) is 0.678. The summed E-state index contributed by atoms with van der Waals surface area (Å²) in [5, 5.41) is 0. The van der Waals surface area contributed by atoms with E-state index in [0.29, 0.717) is 16.8 Å². The fraction of sp³-hybridized carbons (Fsp3) is 0.368. The van der Waals surface area contributed by atoms with Crippen LogP contribution in [0.4, 0.5) is 10.2 Å². The number of pyridine rings is 1. The van der Waals surface area contributed by atoms with Crippen molar-refractivity contribution in [2.45, 2.75) is 25.8 Å². The van der Waals surface area contributed by atoms with E-state index in [4.69, 9.17) is 4.74 Å². The first-order valence-electron chi connectivity index (χ1n) is 8.39. The molecule has 1 aliphatic rings. The third-order valence-corrected chi connectivity index (χ3v) is 5.04. The highest BCUT2D eigenvalue weighted by Crippen LogP contribution is 2.30. The number of esters is 1. The zero-order valence-electron chi connectivity index (χ0n) is 14.7. The lowest BCUT2D eigenvalue weighted by Gasteiger charge is -2.26. The molecule has 1 atom stereocenters. The van der Waals surface area contributed by atoms with Gasteiger partial charge in [0, 0.05) is 18.8 Å². The van der Waals surface area contributed by atoms with Crippen LogP contribution in [0.25, 0.3) is 0 Å². The largest absolute Gasteiger partial charge is 0.490 e. The molecule has 1 aromatic heterocycles. The van der Waals surface area contributed by atoms with Crippen LogP contribution in [-0.4, -0.2) is 37.3 Å². The van der Waals surface area contributed by atoms with E-state index in [1.165, 1.54) is 19.2 Å². The highest BCUT2D eigenvalue weighted by atomic mass is 79.9. The maximum Gasteiger partial charge on any atom is 0.340 e. The van der Waals surface area contributed by atoms with Crippen LogP contribution in [0.15, 0.2) is 34.9 Å². The van der Waals surface area contributed by atoms with Gasteiger partial charge in [0.1, 0.15) is 24.0 Å². The molecule has 1 aliphatic heterocycles. The Labute approximate surface area is 160 Å². The number of carbonyl (C=O) groups excluding carboxylic acids is 1. The molecule has 0 amide bonds. The summed E-state index contributed by atoms with van der Waals surface area (Å²) >= 11 is 3.33. The second-order valence-corrected chi connectivity index (χ2v) is 7.10. The lowest BCUT2D eigenvalue weighted by Crippen LogP contribution is -2.34. The van der Waals surface area contributed by atoms with Crippen molar-refractivity contribution in [3.8, 4) is 5.75 Å². The van der Waals surface area contributed by atoms with Gasteiger partial charge in [0.05, 0.1) is 23.2 Å². The summed E-state index contributed by atoms with van der Waals surface area (Å²) in [6.07, 6.45) is 3.89. The molecule has 5 nitrogen and oxygen atoms in total. The van der Waals surface area contributed by atoms with Crippen LogP contribution >= 0.6 is 15.9 Å². The van der Waals surface area contributed by atoms with Crippen molar-refractivity contribution in [3.05, 3.63) is 51.9 Å². The zero-order valence-corrected chi connectivity index (χ0v) is 16.3. The smallest absolute Gasteiger partial charge is 0.340 e. The third-order valence-electron chi connectivity index (χ3n) is 4.43. The maximum atomic E-state index is 14.1. The van der Waals surface area contributed by atoms with E-state index in [2.05, 4.69) is 30.6 Å². The second kappa shape index (κ2) is 8.03. The summed E-state index contributed by atoms with van der Waals surface area (Å²) in [7, 11) is 1.22. The van der Waals surface area contributed by atoms with E-state index < -0.39 is 11.8 Å². The Bertz CT molecular complexity index is 798. The SMILES string of the molecule is COC(=O)c1cc(Br)c(OC[C@H]2CCCN2c2ccc(C)cn2)cc1F. The molecular formula is C19H20BrFN2O3. The molecule has 0 spiro atoms. The molecule has 26 heavy (non-hydrogen) atoms.